The van der Waals surface area contributed by atoms with E-state index in [0.717, 1.165) is 12.8 Å². The number of piperidine rings is 1. The molecule has 0 bridgehead atoms. The Kier molecular flexibility index (Phi) is 5.67. The van der Waals surface area contributed by atoms with Gasteiger partial charge in [-0.05, 0) is 37.8 Å². The molecule has 2 rings (SSSR count). The van der Waals surface area contributed by atoms with E-state index < -0.39 is 4.92 Å². The molecule has 124 valence electrons. The highest BCUT2D eigenvalue weighted by Gasteiger charge is 2.25. The van der Waals surface area contributed by atoms with Crippen LogP contribution in [0.3, 0.4) is 0 Å². The summed E-state index contributed by atoms with van der Waals surface area (Å²) in [6.45, 7) is 3.33. The number of rotatable bonds is 5. The van der Waals surface area contributed by atoms with Gasteiger partial charge in [0.1, 0.15) is 0 Å². The number of nitro groups is 1. The topological polar surface area (TPSA) is 89.8 Å². The molecule has 0 spiro atoms. The lowest BCUT2D eigenvalue weighted by molar-refractivity contribution is -0.384. The Hall–Kier alpha value is -2.44. The largest absolute Gasteiger partial charge is 0.466 e. The van der Waals surface area contributed by atoms with E-state index in [-0.39, 0.29) is 23.5 Å². The van der Waals surface area contributed by atoms with Crippen molar-refractivity contribution in [3.63, 3.8) is 0 Å². The van der Waals surface area contributed by atoms with Gasteiger partial charge in [-0.1, -0.05) is 0 Å². The van der Waals surface area contributed by atoms with Crippen molar-refractivity contribution in [2.75, 3.05) is 19.7 Å². The predicted molar refractivity (Wildman–Crippen MR) is 83.0 cm³/mol. The van der Waals surface area contributed by atoms with Gasteiger partial charge in [-0.2, -0.15) is 0 Å². The maximum absolute atomic E-state index is 12.4. The number of hydrogen-bond acceptors (Lipinski definition) is 5. The summed E-state index contributed by atoms with van der Waals surface area (Å²) in [4.78, 5) is 35.7. The molecule has 7 heteroatoms. The minimum atomic E-state index is -0.491. The molecule has 1 aliphatic heterocycles. The molecular formula is C16H20N2O5. The molecule has 1 heterocycles. The van der Waals surface area contributed by atoms with Gasteiger partial charge in [-0.3, -0.25) is 19.7 Å². The Morgan fingerprint density at radius 1 is 1.26 bits per heavy atom. The van der Waals surface area contributed by atoms with Crippen LogP contribution in [0.4, 0.5) is 5.69 Å². The third-order valence-electron chi connectivity index (χ3n) is 3.99. The van der Waals surface area contributed by atoms with Crippen molar-refractivity contribution >= 4 is 17.6 Å². The van der Waals surface area contributed by atoms with Gasteiger partial charge < -0.3 is 9.64 Å². The number of esters is 1. The smallest absolute Gasteiger partial charge is 0.306 e. The Labute approximate surface area is 134 Å². The number of ether oxygens (including phenoxy) is 1. The molecule has 1 aromatic carbocycles. The van der Waals surface area contributed by atoms with Crippen molar-refractivity contribution in [2.24, 2.45) is 5.92 Å². The lowest BCUT2D eigenvalue weighted by Crippen LogP contribution is -2.39. The van der Waals surface area contributed by atoms with Crippen molar-refractivity contribution in [3.8, 4) is 0 Å². The molecule has 0 N–H and O–H groups in total. The third-order valence-corrected chi connectivity index (χ3v) is 3.99. The number of benzene rings is 1. The average molecular weight is 320 g/mol. The number of nitrogens with zero attached hydrogens (tertiary/aromatic N) is 2. The van der Waals surface area contributed by atoms with Crippen molar-refractivity contribution < 1.29 is 19.2 Å². The number of non-ortho nitro benzene ring substituents is 1. The number of likely N-dealkylation sites (tertiary alicyclic amines) is 1. The number of nitro benzene ring substituents is 1. The van der Waals surface area contributed by atoms with E-state index in [2.05, 4.69) is 0 Å². The molecule has 1 fully saturated rings. The van der Waals surface area contributed by atoms with E-state index in [1.807, 2.05) is 0 Å². The van der Waals surface area contributed by atoms with Gasteiger partial charge in [0.2, 0.25) is 0 Å². The quantitative estimate of drug-likeness (QED) is 0.472. The summed E-state index contributed by atoms with van der Waals surface area (Å²) in [5, 5.41) is 10.6. The van der Waals surface area contributed by atoms with Gasteiger partial charge in [0.05, 0.1) is 11.5 Å². The van der Waals surface area contributed by atoms with Gasteiger partial charge in [0.15, 0.2) is 0 Å². The molecule has 7 nitrogen and oxygen atoms in total. The number of carbonyl (C=O) groups excluding carboxylic acids is 2. The standard InChI is InChI=1S/C16H20N2O5/c1-2-23-15(19)11-12-7-9-17(10-8-12)16(20)13-3-5-14(6-4-13)18(21)22/h3-6,12H,2,7-11H2,1H3. The first-order chi connectivity index (χ1) is 11.0. The Balaban J connectivity index is 1.88. The minimum Gasteiger partial charge on any atom is -0.466 e. The fourth-order valence-electron chi connectivity index (χ4n) is 2.70. The Morgan fingerprint density at radius 3 is 2.39 bits per heavy atom. The lowest BCUT2D eigenvalue weighted by atomic mass is 9.93. The van der Waals surface area contributed by atoms with Crippen LogP contribution in [0.15, 0.2) is 24.3 Å². The second-order valence-corrected chi connectivity index (χ2v) is 5.55. The van der Waals surface area contributed by atoms with Crippen LogP contribution < -0.4 is 0 Å². The molecule has 1 amide bonds. The monoisotopic (exact) mass is 320 g/mol. The fourth-order valence-corrected chi connectivity index (χ4v) is 2.70. The fraction of sp³-hybridized carbons (Fsp3) is 0.500. The first-order valence-electron chi connectivity index (χ1n) is 7.70. The average Bonchev–Trinajstić information content (AvgIpc) is 2.55. The van der Waals surface area contributed by atoms with Crippen LogP contribution >= 0.6 is 0 Å². The van der Waals surface area contributed by atoms with Crippen LogP contribution in [-0.2, 0) is 9.53 Å². The van der Waals surface area contributed by atoms with Crippen molar-refractivity contribution in [1.82, 2.24) is 4.90 Å². The lowest BCUT2D eigenvalue weighted by Gasteiger charge is -2.31. The Morgan fingerprint density at radius 2 is 1.87 bits per heavy atom. The van der Waals surface area contributed by atoms with E-state index in [1.165, 1.54) is 24.3 Å². The van der Waals surface area contributed by atoms with Gasteiger partial charge in [0, 0.05) is 37.2 Å². The van der Waals surface area contributed by atoms with Crippen LogP contribution in [0.2, 0.25) is 0 Å². The zero-order chi connectivity index (χ0) is 16.8. The molecule has 23 heavy (non-hydrogen) atoms. The maximum Gasteiger partial charge on any atom is 0.306 e. The van der Waals surface area contributed by atoms with E-state index in [9.17, 15) is 19.7 Å². The number of hydrogen-bond donors (Lipinski definition) is 0. The van der Waals surface area contributed by atoms with Gasteiger partial charge in [-0.15, -0.1) is 0 Å². The van der Waals surface area contributed by atoms with Crippen LogP contribution in [0, 0.1) is 16.0 Å². The van der Waals surface area contributed by atoms with E-state index in [0.29, 0.717) is 31.7 Å². The zero-order valence-corrected chi connectivity index (χ0v) is 13.1. The summed E-state index contributed by atoms with van der Waals surface area (Å²) < 4.78 is 4.94. The highest BCUT2D eigenvalue weighted by Crippen LogP contribution is 2.23. The maximum atomic E-state index is 12.4. The first-order valence-corrected chi connectivity index (χ1v) is 7.70. The predicted octanol–water partition coefficient (Wildman–Crippen LogP) is 2.40. The molecule has 0 aromatic heterocycles. The Bertz CT molecular complexity index is 577. The molecule has 0 radical (unpaired) electrons. The summed E-state index contributed by atoms with van der Waals surface area (Å²) in [5.41, 5.74) is 0.411. The van der Waals surface area contributed by atoms with Crippen LogP contribution in [0.25, 0.3) is 0 Å². The second-order valence-electron chi connectivity index (χ2n) is 5.55. The molecule has 1 aromatic rings. The summed E-state index contributed by atoms with van der Waals surface area (Å²) in [5.74, 6) is -0.0721. The van der Waals surface area contributed by atoms with Crippen LogP contribution in [-0.4, -0.2) is 41.4 Å². The molecule has 0 aliphatic carbocycles. The molecule has 1 saturated heterocycles. The number of amides is 1. The van der Waals surface area contributed by atoms with Crippen molar-refractivity contribution in [3.05, 3.63) is 39.9 Å². The highest BCUT2D eigenvalue weighted by molar-refractivity contribution is 5.94. The van der Waals surface area contributed by atoms with Crippen LogP contribution in [0.1, 0.15) is 36.5 Å². The van der Waals surface area contributed by atoms with E-state index in [4.69, 9.17) is 4.74 Å². The molecule has 0 unspecified atom stereocenters. The molecular weight excluding hydrogens is 300 g/mol. The minimum absolute atomic E-state index is 0.0327. The summed E-state index contributed by atoms with van der Waals surface area (Å²) in [6, 6.07) is 5.62. The van der Waals surface area contributed by atoms with Crippen LogP contribution in [0.5, 0.6) is 0 Å². The van der Waals surface area contributed by atoms with Gasteiger partial charge in [-0.25, -0.2) is 0 Å². The normalized spacial score (nSPS) is 15.3. The molecule has 0 atom stereocenters. The summed E-state index contributed by atoms with van der Waals surface area (Å²) in [7, 11) is 0. The number of carbonyl (C=O) groups is 2. The molecule has 0 saturated carbocycles. The molecule has 1 aliphatic rings. The summed E-state index contributed by atoms with van der Waals surface area (Å²) >= 11 is 0. The van der Waals surface area contributed by atoms with Crippen molar-refractivity contribution in [1.29, 1.82) is 0 Å². The SMILES string of the molecule is CCOC(=O)CC1CCN(C(=O)c2ccc([N+](=O)[O-])cc2)CC1. The zero-order valence-electron chi connectivity index (χ0n) is 13.1. The van der Waals surface area contributed by atoms with Gasteiger partial charge in [0.25, 0.3) is 11.6 Å². The first kappa shape index (κ1) is 16.9. The second kappa shape index (κ2) is 7.71. The summed E-state index contributed by atoms with van der Waals surface area (Å²) in [6.07, 6.45) is 1.92. The highest BCUT2D eigenvalue weighted by atomic mass is 16.6. The third kappa shape index (κ3) is 4.51. The van der Waals surface area contributed by atoms with E-state index >= 15 is 0 Å². The van der Waals surface area contributed by atoms with Crippen molar-refractivity contribution in [2.45, 2.75) is 26.2 Å². The van der Waals surface area contributed by atoms with E-state index in [1.54, 1.807) is 11.8 Å². The van der Waals surface area contributed by atoms with Gasteiger partial charge >= 0.3 is 5.97 Å².